The lowest BCUT2D eigenvalue weighted by molar-refractivity contribution is -0.155. The molecule has 3 aromatic carbocycles. The number of aromatic hydroxyl groups is 2. The summed E-state index contributed by atoms with van der Waals surface area (Å²) in [5.74, 6) is 1.21. The van der Waals surface area contributed by atoms with Gasteiger partial charge in [0.1, 0.15) is 18.4 Å². The number of methoxy groups -OCH3 is 2. The number of carbonyl (C=O) groups is 2. The number of ether oxygens (including phenoxy) is 6. The normalized spacial score (nSPS) is 27.2. The van der Waals surface area contributed by atoms with Gasteiger partial charge in [-0.3, -0.25) is 15.0 Å². The zero-order valence-corrected chi connectivity index (χ0v) is 35.5. The van der Waals surface area contributed by atoms with Crippen LogP contribution in [0.1, 0.15) is 107 Å². The van der Waals surface area contributed by atoms with Crippen molar-refractivity contribution in [3.05, 3.63) is 62.7 Å². The number of benzene rings is 3. The number of nitrogens with zero attached hydrogens (tertiary/aromatic N) is 2. The number of esters is 2. The predicted octanol–water partition coefficient (Wildman–Crippen LogP) is 5.99. The number of nitrogens with one attached hydrogen (secondary N) is 2. The van der Waals surface area contributed by atoms with E-state index in [4.69, 9.17) is 28.4 Å². The predicted molar refractivity (Wildman–Crippen MR) is 221 cm³/mol. The van der Waals surface area contributed by atoms with Gasteiger partial charge in [0.15, 0.2) is 40.0 Å². The van der Waals surface area contributed by atoms with Crippen molar-refractivity contribution in [3.63, 3.8) is 0 Å². The lowest BCUT2D eigenvalue weighted by atomic mass is 9.72. The topological polar surface area (TPSA) is 181 Å². The first-order chi connectivity index (χ1) is 29.1. The van der Waals surface area contributed by atoms with E-state index in [0.717, 1.165) is 42.4 Å². The van der Waals surface area contributed by atoms with E-state index in [2.05, 4.69) is 28.5 Å². The Morgan fingerprint density at radius 2 is 1.82 bits per heavy atom. The molecule has 7 heterocycles. The van der Waals surface area contributed by atoms with Gasteiger partial charge < -0.3 is 44.0 Å². The number of fused-ring (bicyclic) bond motifs is 9. The second-order valence-electron chi connectivity index (χ2n) is 16.7. The number of nitriles is 1. The average Bonchev–Trinajstić information content (AvgIpc) is 3.73. The lowest BCUT2D eigenvalue weighted by Gasteiger charge is -2.59. The molecule has 0 aliphatic carbocycles. The highest BCUT2D eigenvalue weighted by atomic mass is 32.2. The summed E-state index contributed by atoms with van der Waals surface area (Å²) >= 11 is 1.49. The number of piperazine rings is 1. The zero-order chi connectivity index (χ0) is 42.0. The molecule has 2 fully saturated rings. The van der Waals surface area contributed by atoms with Crippen LogP contribution >= 0.6 is 11.8 Å². The molecule has 0 aromatic heterocycles. The molecular formula is C45H52N4O10S. The van der Waals surface area contributed by atoms with Gasteiger partial charge in [0.25, 0.3) is 0 Å². The van der Waals surface area contributed by atoms with Gasteiger partial charge in [0, 0.05) is 53.1 Å². The van der Waals surface area contributed by atoms with Crippen LogP contribution in [0.5, 0.6) is 40.2 Å². The van der Waals surface area contributed by atoms with Crippen LogP contribution in [-0.4, -0.2) is 85.1 Å². The van der Waals surface area contributed by atoms with E-state index in [0.29, 0.717) is 76.6 Å². The van der Waals surface area contributed by atoms with Gasteiger partial charge in [-0.05, 0) is 67.5 Å². The zero-order valence-electron chi connectivity index (χ0n) is 34.6. The van der Waals surface area contributed by atoms with Gasteiger partial charge >= 0.3 is 11.9 Å². The summed E-state index contributed by atoms with van der Waals surface area (Å²) in [5, 5.41) is 40.7. The Hall–Kier alpha value is -4.88. The SMILES string of the molecule is CCCCCCCC(=O)Oc1c(C)c2c(c3c1[C@H]1SC[C@]4(NCCc5cc(O)c(OC)cc54)C(=O)OC[C@@H]3N3C1[C@H]1N[C@@H](Cc4cc(C)c(OC)c(O)c41)[C@@H]3C#N)OCO2. The fourth-order valence-electron chi connectivity index (χ4n) is 10.7. The standard InChI is InChI=1S/C45H52N4O10S/c1-6-7-8-9-10-11-32(51)59-40-23(3)41-42(58-21-57-41)34-29-19-56-44(53)45(26-17-31(54-4)30(50)16-24(26)12-13-47-45)20-60-43(35(34)40)37-36-33-25(14-22(2)39(55-5)38(33)52)15-27(48-36)28(18-46)49(29)37/h14,16-17,27-29,36-37,43,47-48,50,52H,6-13,15,19-21H2,1-5H3/t27-,28-,29-,36-,37?,43+,45+/m0/s1. The molecule has 4 bridgehead atoms. The molecule has 1 unspecified atom stereocenters. The molecule has 7 aliphatic heterocycles. The second-order valence-corrected chi connectivity index (χ2v) is 17.8. The Bertz CT molecular complexity index is 2300. The van der Waals surface area contributed by atoms with Crippen molar-refractivity contribution in [1.29, 1.82) is 5.26 Å². The van der Waals surface area contributed by atoms with Crippen molar-refractivity contribution in [3.8, 4) is 46.3 Å². The molecular weight excluding hydrogens is 789 g/mol. The van der Waals surface area contributed by atoms with Crippen LogP contribution in [0, 0.1) is 25.2 Å². The molecule has 14 nitrogen and oxygen atoms in total. The van der Waals surface area contributed by atoms with E-state index in [1.165, 1.54) is 26.0 Å². The van der Waals surface area contributed by atoms with Crippen molar-refractivity contribution in [2.75, 3.05) is 39.9 Å². The Kier molecular flexibility index (Phi) is 10.7. The minimum Gasteiger partial charge on any atom is -0.504 e. The van der Waals surface area contributed by atoms with Crippen LogP contribution in [0.2, 0.25) is 0 Å². The van der Waals surface area contributed by atoms with Crippen molar-refractivity contribution in [2.45, 2.75) is 113 Å². The van der Waals surface area contributed by atoms with Crippen molar-refractivity contribution in [1.82, 2.24) is 15.5 Å². The molecule has 1 spiro atoms. The number of rotatable bonds is 9. The fourth-order valence-corrected chi connectivity index (χ4v) is 12.4. The van der Waals surface area contributed by atoms with Crippen LogP contribution in [0.25, 0.3) is 0 Å². The van der Waals surface area contributed by atoms with Crippen LogP contribution in [0.3, 0.4) is 0 Å². The largest absolute Gasteiger partial charge is 0.504 e. The van der Waals surface area contributed by atoms with E-state index in [1.54, 1.807) is 12.1 Å². The first-order valence-corrected chi connectivity index (χ1v) is 22.0. The molecule has 0 saturated carbocycles. The highest BCUT2D eigenvalue weighted by molar-refractivity contribution is 7.99. The highest BCUT2D eigenvalue weighted by Crippen LogP contribution is 2.63. The molecule has 0 radical (unpaired) electrons. The van der Waals surface area contributed by atoms with Crippen LogP contribution in [0.15, 0.2) is 18.2 Å². The van der Waals surface area contributed by atoms with E-state index >= 15 is 0 Å². The van der Waals surface area contributed by atoms with Gasteiger partial charge in [-0.25, -0.2) is 4.79 Å². The maximum absolute atomic E-state index is 14.9. The number of hydrogen-bond donors (Lipinski definition) is 4. The molecule has 7 aliphatic rings. The van der Waals surface area contributed by atoms with Gasteiger partial charge in [0.05, 0.1) is 37.6 Å². The first kappa shape index (κ1) is 40.5. The fraction of sp³-hybridized carbons (Fsp3) is 0.533. The smallest absolute Gasteiger partial charge is 0.331 e. The summed E-state index contributed by atoms with van der Waals surface area (Å²) in [7, 11) is 3.01. The summed E-state index contributed by atoms with van der Waals surface area (Å²) in [6.07, 6.45) is 6.11. The lowest BCUT2D eigenvalue weighted by Crippen LogP contribution is -2.69. The van der Waals surface area contributed by atoms with E-state index in [-0.39, 0.29) is 54.8 Å². The van der Waals surface area contributed by atoms with Gasteiger partial charge in [-0.15, -0.1) is 11.8 Å². The number of hydrogen-bond acceptors (Lipinski definition) is 15. The third kappa shape index (κ3) is 6.24. The van der Waals surface area contributed by atoms with Crippen LogP contribution in [-0.2, 0) is 32.7 Å². The Morgan fingerprint density at radius 1 is 1.02 bits per heavy atom. The molecule has 15 heteroatoms. The van der Waals surface area contributed by atoms with E-state index < -0.39 is 40.9 Å². The summed E-state index contributed by atoms with van der Waals surface area (Å²) in [6.45, 7) is 6.13. The molecule has 10 rings (SSSR count). The number of carbonyl (C=O) groups excluding carboxylic acids is 2. The molecule has 0 amide bonds. The quantitative estimate of drug-likeness (QED) is 0.112. The van der Waals surface area contributed by atoms with Gasteiger partial charge in [0.2, 0.25) is 6.79 Å². The summed E-state index contributed by atoms with van der Waals surface area (Å²) < 4.78 is 36.7. The van der Waals surface area contributed by atoms with Crippen LogP contribution in [0.4, 0.5) is 0 Å². The number of phenols is 2. The monoisotopic (exact) mass is 840 g/mol. The number of unbranched alkanes of at least 4 members (excludes halogenated alkanes) is 4. The molecule has 318 valence electrons. The molecule has 4 N–H and O–H groups in total. The number of thioether (sulfide) groups is 1. The summed E-state index contributed by atoms with van der Waals surface area (Å²) in [5.41, 5.74) is 4.45. The minimum atomic E-state index is -1.37. The molecule has 3 aromatic rings. The summed E-state index contributed by atoms with van der Waals surface area (Å²) in [4.78, 5) is 30.9. The number of phenolic OH excluding ortho intramolecular Hbond substituents is 2. The van der Waals surface area contributed by atoms with Crippen molar-refractivity contribution >= 4 is 23.7 Å². The summed E-state index contributed by atoms with van der Waals surface area (Å²) in [6, 6.07) is 5.14. The first-order valence-electron chi connectivity index (χ1n) is 21.0. The van der Waals surface area contributed by atoms with Crippen LogP contribution < -0.4 is 34.3 Å². The maximum atomic E-state index is 14.9. The maximum Gasteiger partial charge on any atom is 0.331 e. The molecule has 7 atom stereocenters. The van der Waals surface area contributed by atoms with Crippen molar-refractivity contribution < 1.29 is 48.2 Å². The highest BCUT2D eigenvalue weighted by Gasteiger charge is 2.60. The third-order valence-corrected chi connectivity index (χ3v) is 14.9. The Morgan fingerprint density at radius 3 is 2.58 bits per heavy atom. The average molecular weight is 841 g/mol. The minimum absolute atomic E-state index is 0.0204. The van der Waals surface area contributed by atoms with E-state index in [9.17, 15) is 25.1 Å². The molecule has 2 saturated heterocycles. The number of aryl methyl sites for hydroxylation is 1. The van der Waals surface area contributed by atoms with E-state index in [1.807, 2.05) is 19.9 Å². The van der Waals surface area contributed by atoms with Crippen molar-refractivity contribution in [2.24, 2.45) is 0 Å². The van der Waals surface area contributed by atoms with Gasteiger partial charge in [-0.2, -0.15) is 5.26 Å². The molecule has 60 heavy (non-hydrogen) atoms. The Balaban J connectivity index is 1.27. The van der Waals surface area contributed by atoms with Gasteiger partial charge in [-0.1, -0.05) is 38.7 Å². The second kappa shape index (κ2) is 15.9. The third-order valence-electron chi connectivity index (χ3n) is 13.4. The Labute approximate surface area is 353 Å².